The smallest absolute Gasteiger partial charge is 0.246 e. The Morgan fingerprint density at radius 1 is 0.610 bits per heavy atom. The molecule has 2 aromatic carbocycles. The van der Waals surface area contributed by atoms with Gasteiger partial charge < -0.3 is 45.1 Å². The Morgan fingerprint density at radius 2 is 1.06 bits per heavy atom. The van der Waals surface area contributed by atoms with Crippen LogP contribution in [0.25, 0.3) is 0 Å². The molecule has 2 aromatic rings. The minimum absolute atomic E-state index is 0.0438. The Morgan fingerprint density at radius 3 is 1.55 bits per heavy atom. The lowest BCUT2D eigenvalue weighted by Gasteiger charge is -2.38. The number of nitrogens with one attached hydrogen (secondary N) is 2. The lowest BCUT2D eigenvalue weighted by atomic mass is 9.98. The standard InChI is InChI=1S/C58H88N8O10S/c1-14-15-29-50(69)62(10)46(32-38(2)3)53(71)59-45(56(74)66-30-23-18-24-31-66)36-77-37-51(70)63(11)48(34-43-25-19-16-20-26-43)57(75)61(9)40(6)55(73)65(13)49(35-44-27-21-17-22-28-44)58(76)64(12)47(33-39(4)5)54(72)60-52(41(7)67)42(8)68/h14-17,19-22,25-28,38-41,45-49,52,67H,18,23-24,29-37H2,1-13H3,(H,59,71)(H,60,72)/b15-14-/t40?,41-,45+,46+,47?,48+,49+,52?/m1/s1. The van der Waals surface area contributed by atoms with E-state index < -0.39 is 89.6 Å². The van der Waals surface area contributed by atoms with Gasteiger partial charge in [-0.3, -0.25) is 43.2 Å². The normalized spacial score (nSPS) is 15.8. The average molecular weight is 1090 g/mol. The summed E-state index contributed by atoms with van der Waals surface area (Å²) in [6.07, 6.45) is 5.80. The van der Waals surface area contributed by atoms with Crippen molar-refractivity contribution in [2.45, 2.75) is 155 Å². The van der Waals surface area contributed by atoms with Crippen LogP contribution in [0.15, 0.2) is 72.8 Å². The zero-order valence-electron chi connectivity index (χ0n) is 47.9. The van der Waals surface area contributed by atoms with Gasteiger partial charge >= 0.3 is 0 Å². The number of amides is 8. The molecule has 0 spiro atoms. The van der Waals surface area contributed by atoms with Crippen molar-refractivity contribution in [3.8, 4) is 0 Å². The third-order valence-electron chi connectivity index (χ3n) is 14.3. The van der Waals surface area contributed by atoms with Crippen LogP contribution in [0.5, 0.6) is 0 Å². The number of allylic oxidation sites excluding steroid dienone is 1. The average Bonchev–Trinajstić information content (AvgIpc) is 3.41. The third kappa shape index (κ3) is 19.7. The van der Waals surface area contributed by atoms with Crippen molar-refractivity contribution in [1.29, 1.82) is 0 Å². The number of carbonyl (C=O) groups excluding carboxylic acids is 9. The molecule has 18 nitrogen and oxygen atoms in total. The molecule has 8 atom stereocenters. The topological polar surface area (TPSA) is 217 Å². The number of piperidine rings is 1. The van der Waals surface area contributed by atoms with Gasteiger partial charge in [0, 0.05) is 73.3 Å². The highest BCUT2D eigenvalue weighted by atomic mass is 32.2. The van der Waals surface area contributed by atoms with Gasteiger partial charge in [0.05, 0.1) is 11.9 Å². The molecule has 0 aromatic heterocycles. The first kappa shape index (κ1) is 65.2. The molecule has 19 heteroatoms. The predicted molar refractivity (Wildman–Crippen MR) is 301 cm³/mol. The van der Waals surface area contributed by atoms with Gasteiger partial charge in [-0.05, 0) is 82.8 Å². The van der Waals surface area contributed by atoms with E-state index in [-0.39, 0.29) is 60.8 Å². The zero-order valence-corrected chi connectivity index (χ0v) is 48.7. The van der Waals surface area contributed by atoms with Crippen molar-refractivity contribution in [2.24, 2.45) is 11.8 Å². The summed E-state index contributed by atoms with van der Waals surface area (Å²) in [5, 5.41) is 15.9. The molecule has 3 rings (SSSR count). The minimum atomic E-state index is -1.20. The number of carbonyl (C=O) groups is 9. The van der Waals surface area contributed by atoms with Crippen LogP contribution in [0.2, 0.25) is 0 Å². The second kappa shape index (κ2) is 32.0. The quantitative estimate of drug-likeness (QED) is 0.0973. The predicted octanol–water partition coefficient (Wildman–Crippen LogP) is 4.37. The first-order valence-electron chi connectivity index (χ1n) is 27.0. The van der Waals surface area contributed by atoms with Crippen LogP contribution in [-0.4, -0.2) is 196 Å². The highest BCUT2D eigenvalue weighted by molar-refractivity contribution is 8.00. The molecule has 426 valence electrons. The van der Waals surface area contributed by atoms with E-state index in [4.69, 9.17) is 0 Å². The summed E-state index contributed by atoms with van der Waals surface area (Å²) in [4.78, 5) is 135. The monoisotopic (exact) mass is 1090 g/mol. The Kier molecular flexibility index (Phi) is 27.1. The molecule has 1 aliphatic rings. The van der Waals surface area contributed by atoms with E-state index in [9.17, 15) is 48.3 Å². The molecule has 77 heavy (non-hydrogen) atoms. The number of hydrogen-bond acceptors (Lipinski definition) is 11. The van der Waals surface area contributed by atoms with Crippen molar-refractivity contribution in [3.05, 3.63) is 83.9 Å². The van der Waals surface area contributed by atoms with Crippen LogP contribution in [0, 0.1) is 11.8 Å². The molecule has 3 unspecified atom stereocenters. The fourth-order valence-electron chi connectivity index (χ4n) is 9.32. The van der Waals surface area contributed by atoms with E-state index in [0.29, 0.717) is 19.5 Å². The molecule has 0 radical (unpaired) electrons. The third-order valence-corrected chi connectivity index (χ3v) is 15.3. The molecular formula is C58H88N8O10S. The largest absolute Gasteiger partial charge is 0.391 e. The highest BCUT2D eigenvalue weighted by Crippen LogP contribution is 2.22. The van der Waals surface area contributed by atoms with E-state index in [0.717, 1.165) is 42.2 Å². The molecule has 1 aliphatic heterocycles. The first-order chi connectivity index (χ1) is 36.3. The minimum Gasteiger partial charge on any atom is -0.391 e. The van der Waals surface area contributed by atoms with Gasteiger partial charge in [-0.2, -0.15) is 0 Å². The number of Topliss-reactive ketones (excluding diaryl/α,β-unsaturated/α-hetero) is 1. The molecular weight excluding hydrogens is 1000 g/mol. The summed E-state index contributed by atoms with van der Waals surface area (Å²) in [6, 6.07) is 10.7. The Labute approximate surface area is 462 Å². The van der Waals surface area contributed by atoms with Crippen molar-refractivity contribution in [2.75, 3.05) is 59.8 Å². The Bertz CT molecular complexity index is 2310. The van der Waals surface area contributed by atoms with Gasteiger partial charge in [0.1, 0.15) is 42.3 Å². The number of hydrogen-bond donors (Lipinski definition) is 3. The number of likely N-dealkylation sites (tertiary alicyclic amines) is 1. The fourth-order valence-corrected chi connectivity index (χ4v) is 10.3. The number of rotatable bonds is 29. The van der Waals surface area contributed by atoms with Gasteiger partial charge in [0.25, 0.3) is 0 Å². The number of likely N-dealkylation sites (N-methyl/N-ethyl adjacent to an activating group) is 5. The zero-order chi connectivity index (χ0) is 57.7. The summed E-state index contributed by atoms with van der Waals surface area (Å²) in [5.74, 6) is -4.32. The second-order valence-electron chi connectivity index (χ2n) is 21.3. The van der Waals surface area contributed by atoms with Gasteiger partial charge in [-0.1, -0.05) is 101 Å². The lowest BCUT2D eigenvalue weighted by molar-refractivity contribution is -0.153. The Balaban J connectivity index is 1.92. The molecule has 1 saturated heterocycles. The number of thioether (sulfide) groups is 1. The van der Waals surface area contributed by atoms with Crippen molar-refractivity contribution in [1.82, 2.24) is 40.0 Å². The number of aliphatic hydroxyl groups is 1. The highest BCUT2D eigenvalue weighted by Gasteiger charge is 2.41. The Hall–Kier alpha value is -6.08. The van der Waals surface area contributed by atoms with E-state index >= 15 is 0 Å². The van der Waals surface area contributed by atoms with Gasteiger partial charge in [0.2, 0.25) is 47.3 Å². The van der Waals surface area contributed by atoms with Crippen molar-refractivity contribution < 1.29 is 48.3 Å². The van der Waals surface area contributed by atoms with E-state index in [2.05, 4.69) is 10.6 Å². The van der Waals surface area contributed by atoms with Crippen LogP contribution in [0.3, 0.4) is 0 Å². The summed E-state index contributed by atoms with van der Waals surface area (Å²) in [5.41, 5.74) is 1.48. The molecule has 0 bridgehead atoms. The van der Waals surface area contributed by atoms with Crippen molar-refractivity contribution in [3.63, 3.8) is 0 Å². The summed E-state index contributed by atoms with van der Waals surface area (Å²) >= 11 is 1.15. The number of nitrogens with zero attached hydrogens (tertiary/aromatic N) is 6. The van der Waals surface area contributed by atoms with Crippen LogP contribution < -0.4 is 10.6 Å². The maximum Gasteiger partial charge on any atom is 0.246 e. The van der Waals surface area contributed by atoms with Gasteiger partial charge in [-0.15, -0.1) is 11.8 Å². The summed E-state index contributed by atoms with van der Waals surface area (Å²) in [7, 11) is 7.52. The number of aliphatic hydroxyl groups excluding tert-OH is 1. The van der Waals surface area contributed by atoms with E-state index in [1.54, 1.807) is 43.2 Å². The molecule has 1 heterocycles. The molecule has 1 fully saturated rings. The maximum atomic E-state index is 14.8. The van der Waals surface area contributed by atoms with Crippen LogP contribution in [0.4, 0.5) is 0 Å². The second-order valence-corrected chi connectivity index (χ2v) is 22.3. The maximum absolute atomic E-state index is 14.8. The van der Waals surface area contributed by atoms with E-state index in [1.165, 1.54) is 66.5 Å². The number of benzene rings is 2. The van der Waals surface area contributed by atoms with E-state index in [1.807, 2.05) is 83.1 Å². The molecule has 0 aliphatic carbocycles. The number of ketones is 1. The van der Waals surface area contributed by atoms with Gasteiger partial charge in [0.15, 0.2) is 5.78 Å². The van der Waals surface area contributed by atoms with Crippen molar-refractivity contribution >= 4 is 64.8 Å². The SMILES string of the molecule is C/C=C\CC(=O)N(C)[C@@H](CC(C)C)C(=O)N[C@@H](CSCC(=O)N(C)[C@@H](Cc1ccccc1)C(=O)N(C)C(C)C(=O)N(C)[C@@H](Cc1ccccc1)C(=O)N(C)C(CC(C)C)C(=O)NC(C(C)=O)[C@@H](C)O)C(=O)N1CCCCC1. The van der Waals surface area contributed by atoms with Crippen LogP contribution in [0.1, 0.15) is 105 Å². The molecule has 8 amide bonds. The van der Waals surface area contributed by atoms with Gasteiger partial charge in [-0.25, -0.2) is 0 Å². The lowest BCUT2D eigenvalue weighted by Crippen LogP contribution is -2.60. The fraction of sp³-hybridized carbons (Fsp3) is 0.603. The summed E-state index contributed by atoms with van der Waals surface area (Å²) in [6.45, 7) is 14.8. The van der Waals surface area contributed by atoms with Crippen LogP contribution >= 0.6 is 11.8 Å². The van der Waals surface area contributed by atoms with Crippen LogP contribution in [-0.2, 0) is 56.0 Å². The first-order valence-corrected chi connectivity index (χ1v) is 28.1. The molecule has 0 saturated carbocycles. The molecule has 3 N–H and O–H groups in total. The summed E-state index contributed by atoms with van der Waals surface area (Å²) < 4.78 is 0.